The fourth-order valence-corrected chi connectivity index (χ4v) is 1.25. The first-order chi connectivity index (χ1) is 6.14. The van der Waals surface area contributed by atoms with Gasteiger partial charge in [-0.3, -0.25) is 0 Å². The van der Waals surface area contributed by atoms with Gasteiger partial charge in [0.1, 0.15) is 0 Å². The lowest BCUT2D eigenvalue weighted by atomic mass is 9.90. The van der Waals surface area contributed by atoms with Crippen molar-refractivity contribution in [3.05, 3.63) is 0 Å². The number of hydrogen-bond donors (Lipinski definition) is 1. The van der Waals surface area contributed by atoms with Gasteiger partial charge in [0.25, 0.3) is 0 Å². The van der Waals surface area contributed by atoms with Crippen molar-refractivity contribution in [2.24, 2.45) is 11.1 Å². The normalized spacial score (nSPS) is 23.8. The van der Waals surface area contributed by atoms with Gasteiger partial charge in [0.2, 0.25) is 0 Å². The number of hydrogen-bond acceptors (Lipinski definition) is 3. The largest absolute Gasteiger partial charge is 0.379 e. The van der Waals surface area contributed by atoms with E-state index < -0.39 is 0 Å². The van der Waals surface area contributed by atoms with Crippen molar-refractivity contribution in [2.75, 3.05) is 26.4 Å². The molecule has 3 heteroatoms. The zero-order valence-electron chi connectivity index (χ0n) is 8.71. The van der Waals surface area contributed by atoms with Crippen LogP contribution in [0.2, 0.25) is 0 Å². The van der Waals surface area contributed by atoms with Crippen molar-refractivity contribution < 1.29 is 9.47 Å². The molecule has 78 valence electrons. The minimum atomic E-state index is 0.208. The summed E-state index contributed by atoms with van der Waals surface area (Å²) in [7, 11) is 0. The molecule has 1 heterocycles. The van der Waals surface area contributed by atoms with Crippen LogP contribution in [-0.4, -0.2) is 32.5 Å². The first-order valence-corrected chi connectivity index (χ1v) is 5.03. The minimum absolute atomic E-state index is 0.208. The third-order valence-corrected chi connectivity index (χ3v) is 2.57. The summed E-state index contributed by atoms with van der Waals surface area (Å²) in [4.78, 5) is 0. The van der Waals surface area contributed by atoms with Crippen LogP contribution < -0.4 is 5.73 Å². The number of ether oxygens (including phenoxy) is 2. The van der Waals surface area contributed by atoms with Crippen LogP contribution in [-0.2, 0) is 9.47 Å². The molecule has 0 radical (unpaired) electrons. The molecule has 0 saturated carbocycles. The van der Waals surface area contributed by atoms with Gasteiger partial charge in [0.05, 0.1) is 12.7 Å². The fourth-order valence-electron chi connectivity index (χ4n) is 1.25. The average molecular weight is 187 g/mol. The Kier molecular flexibility index (Phi) is 4.16. The second-order valence-electron chi connectivity index (χ2n) is 4.47. The van der Waals surface area contributed by atoms with Gasteiger partial charge in [-0.05, 0) is 24.8 Å². The van der Waals surface area contributed by atoms with Gasteiger partial charge in [-0.1, -0.05) is 13.8 Å². The van der Waals surface area contributed by atoms with Gasteiger partial charge in [-0.15, -0.1) is 0 Å². The van der Waals surface area contributed by atoms with Crippen LogP contribution >= 0.6 is 0 Å². The van der Waals surface area contributed by atoms with E-state index in [-0.39, 0.29) is 5.41 Å². The highest BCUT2D eigenvalue weighted by Gasteiger charge is 2.19. The zero-order chi connectivity index (χ0) is 9.73. The maximum Gasteiger partial charge on any atom is 0.0830 e. The molecular weight excluding hydrogens is 166 g/mol. The summed E-state index contributed by atoms with van der Waals surface area (Å²) in [5.41, 5.74) is 5.83. The molecule has 2 N–H and O–H groups in total. The number of rotatable bonds is 5. The molecule has 1 aliphatic rings. The molecule has 13 heavy (non-hydrogen) atoms. The molecule has 0 aromatic rings. The van der Waals surface area contributed by atoms with E-state index in [4.69, 9.17) is 15.2 Å². The molecule has 3 nitrogen and oxygen atoms in total. The minimum Gasteiger partial charge on any atom is -0.379 e. The Bertz CT molecular complexity index is 142. The summed E-state index contributed by atoms with van der Waals surface area (Å²) in [5, 5.41) is 0. The summed E-state index contributed by atoms with van der Waals surface area (Å²) in [5.74, 6) is 0. The predicted octanol–water partition coefficient (Wildman–Crippen LogP) is 1.17. The van der Waals surface area contributed by atoms with Gasteiger partial charge >= 0.3 is 0 Å². The molecule has 1 saturated heterocycles. The van der Waals surface area contributed by atoms with Crippen LogP contribution in [0.15, 0.2) is 0 Å². The van der Waals surface area contributed by atoms with Crippen molar-refractivity contribution in [1.29, 1.82) is 0 Å². The van der Waals surface area contributed by atoms with E-state index >= 15 is 0 Å². The quantitative estimate of drug-likeness (QED) is 0.702. The third kappa shape index (κ3) is 4.07. The summed E-state index contributed by atoms with van der Waals surface area (Å²) in [6, 6.07) is 0. The van der Waals surface area contributed by atoms with Gasteiger partial charge in [0.15, 0.2) is 0 Å². The van der Waals surface area contributed by atoms with Crippen LogP contribution in [0.5, 0.6) is 0 Å². The fraction of sp³-hybridized carbons (Fsp3) is 1.00. The maximum absolute atomic E-state index is 5.66. The molecule has 0 bridgehead atoms. The topological polar surface area (TPSA) is 44.5 Å². The maximum atomic E-state index is 5.66. The van der Waals surface area contributed by atoms with Crippen LogP contribution in [0.1, 0.15) is 26.7 Å². The van der Waals surface area contributed by atoms with Gasteiger partial charge in [-0.25, -0.2) is 0 Å². The van der Waals surface area contributed by atoms with Crippen LogP contribution in [0.3, 0.4) is 0 Å². The van der Waals surface area contributed by atoms with Gasteiger partial charge in [-0.2, -0.15) is 0 Å². The lowest BCUT2D eigenvalue weighted by Gasteiger charge is -2.22. The molecule has 0 spiro atoms. The molecule has 1 unspecified atom stereocenters. The average Bonchev–Trinajstić information content (AvgIpc) is 2.57. The lowest BCUT2D eigenvalue weighted by Crippen LogP contribution is -2.26. The van der Waals surface area contributed by atoms with Crippen molar-refractivity contribution in [3.63, 3.8) is 0 Å². The zero-order valence-corrected chi connectivity index (χ0v) is 8.71. The summed E-state index contributed by atoms with van der Waals surface area (Å²) in [6.45, 7) is 7.48. The van der Waals surface area contributed by atoms with E-state index in [9.17, 15) is 0 Å². The Labute approximate surface area is 80.6 Å². The molecule has 1 atom stereocenters. The Morgan fingerprint density at radius 3 is 2.85 bits per heavy atom. The highest BCUT2D eigenvalue weighted by atomic mass is 16.5. The van der Waals surface area contributed by atoms with E-state index in [1.165, 1.54) is 0 Å². The molecular formula is C10H21NO2. The SMILES string of the molecule is CC(C)(CN)CCOC1CCOC1. The van der Waals surface area contributed by atoms with Crippen LogP contribution in [0.25, 0.3) is 0 Å². The smallest absolute Gasteiger partial charge is 0.0830 e. The van der Waals surface area contributed by atoms with E-state index in [2.05, 4.69) is 13.8 Å². The van der Waals surface area contributed by atoms with Crippen molar-refractivity contribution >= 4 is 0 Å². The van der Waals surface area contributed by atoms with Crippen LogP contribution in [0.4, 0.5) is 0 Å². The highest BCUT2D eigenvalue weighted by molar-refractivity contribution is 4.70. The van der Waals surface area contributed by atoms with E-state index in [0.29, 0.717) is 6.10 Å². The second-order valence-corrected chi connectivity index (χ2v) is 4.47. The van der Waals surface area contributed by atoms with E-state index in [0.717, 1.165) is 39.2 Å². The molecule has 1 aliphatic heterocycles. The molecule has 0 aromatic carbocycles. The molecule has 0 amide bonds. The Balaban J connectivity index is 2.06. The van der Waals surface area contributed by atoms with Crippen molar-refractivity contribution in [2.45, 2.75) is 32.8 Å². The Hall–Kier alpha value is -0.120. The Morgan fingerprint density at radius 2 is 2.31 bits per heavy atom. The van der Waals surface area contributed by atoms with Crippen LogP contribution in [0, 0.1) is 5.41 Å². The first kappa shape index (κ1) is 11.0. The second kappa shape index (κ2) is 4.94. The predicted molar refractivity (Wildman–Crippen MR) is 52.6 cm³/mol. The standard InChI is InChI=1S/C10H21NO2/c1-10(2,8-11)4-6-13-9-3-5-12-7-9/h9H,3-8,11H2,1-2H3. The highest BCUT2D eigenvalue weighted by Crippen LogP contribution is 2.19. The van der Waals surface area contributed by atoms with Gasteiger partial charge < -0.3 is 15.2 Å². The third-order valence-electron chi connectivity index (χ3n) is 2.57. The summed E-state index contributed by atoms with van der Waals surface area (Å²) >= 11 is 0. The molecule has 0 aromatic heterocycles. The Morgan fingerprint density at radius 1 is 1.54 bits per heavy atom. The first-order valence-electron chi connectivity index (χ1n) is 5.03. The number of nitrogens with two attached hydrogens (primary N) is 1. The van der Waals surface area contributed by atoms with E-state index in [1.54, 1.807) is 0 Å². The lowest BCUT2D eigenvalue weighted by molar-refractivity contribution is 0.0288. The molecule has 1 rings (SSSR count). The van der Waals surface area contributed by atoms with Crippen molar-refractivity contribution in [3.8, 4) is 0 Å². The monoisotopic (exact) mass is 187 g/mol. The van der Waals surface area contributed by atoms with Gasteiger partial charge in [0, 0.05) is 13.2 Å². The summed E-state index contributed by atoms with van der Waals surface area (Å²) < 4.78 is 10.9. The molecule has 1 fully saturated rings. The summed E-state index contributed by atoms with van der Waals surface area (Å²) in [6.07, 6.45) is 2.40. The van der Waals surface area contributed by atoms with Crippen molar-refractivity contribution in [1.82, 2.24) is 0 Å². The molecule has 0 aliphatic carbocycles. The van der Waals surface area contributed by atoms with E-state index in [1.807, 2.05) is 0 Å².